The molecule has 5 heteroatoms. The maximum Gasteiger partial charge on any atom is 0.252 e. The van der Waals surface area contributed by atoms with Crippen molar-refractivity contribution in [1.29, 1.82) is 0 Å². The molecule has 2 aromatic heterocycles. The Morgan fingerprint density at radius 3 is 1.34 bits per heavy atom. The molecule has 0 spiro atoms. The van der Waals surface area contributed by atoms with Crippen LogP contribution in [0.5, 0.6) is 0 Å². The van der Waals surface area contributed by atoms with E-state index in [0.29, 0.717) is 0 Å². The van der Waals surface area contributed by atoms with Gasteiger partial charge in [0.05, 0.1) is 39.1 Å². The van der Waals surface area contributed by atoms with Crippen LogP contribution < -0.4 is 26.2 Å². The van der Waals surface area contributed by atoms with E-state index >= 15 is 0 Å². The van der Waals surface area contributed by atoms with Crippen LogP contribution in [0.3, 0.4) is 0 Å². The summed E-state index contributed by atoms with van der Waals surface area (Å²) in [6.07, 6.45) is 0. The summed E-state index contributed by atoms with van der Waals surface area (Å²) in [5.41, 5.74) is 28.9. The summed E-state index contributed by atoms with van der Waals surface area (Å²) in [5.74, 6) is 0. The minimum absolute atomic E-state index is 0.00324. The van der Waals surface area contributed by atoms with Crippen LogP contribution in [0.2, 0.25) is 0 Å². The number of fused-ring (bicyclic) bond motifs is 12. The summed E-state index contributed by atoms with van der Waals surface area (Å²) in [5, 5.41) is 5.23. The van der Waals surface area contributed by atoms with Crippen LogP contribution in [0.25, 0.3) is 66.1 Å². The number of aryl methyl sites for hydroxylation is 1. The molecule has 5 heterocycles. The predicted molar refractivity (Wildman–Crippen MR) is 346 cm³/mol. The fourth-order valence-corrected chi connectivity index (χ4v) is 13.6. The summed E-state index contributed by atoms with van der Waals surface area (Å²) < 4.78 is 5.19. The first-order valence-electron chi connectivity index (χ1n) is 29.2. The van der Waals surface area contributed by atoms with E-state index in [1.54, 1.807) is 0 Å². The van der Waals surface area contributed by atoms with Gasteiger partial charge in [-0.2, -0.15) is 0 Å². The molecule has 0 bridgehead atoms. The van der Waals surface area contributed by atoms with Crippen LogP contribution in [0.1, 0.15) is 137 Å². The van der Waals surface area contributed by atoms with Crippen LogP contribution in [-0.4, -0.2) is 15.8 Å². The molecule has 80 heavy (non-hydrogen) atoms. The van der Waals surface area contributed by atoms with Gasteiger partial charge in [-0.25, -0.2) is 0 Å². The van der Waals surface area contributed by atoms with E-state index in [2.05, 4.69) is 294 Å². The molecule has 3 aliphatic rings. The van der Waals surface area contributed by atoms with Crippen LogP contribution in [0, 0.1) is 6.92 Å². The number of rotatable bonds is 3. The highest BCUT2D eigenvalue weighted by molar-refractivity contribution is 7.00. The van der Waals surface area contributed by atoms with Gasteiger partial charge in [-0.15, -0.1) is 0 Å². The molecule has 0 saturated carbocycles. The van der Waals surface area contributed by atoms with Crippen molar-refractivity contribution < 1.29 is 0 Å². The molecule has 14 rings (SSSR count). The Morgan fingerprint density at radius 1 is 0.325 bits per heavy atom. The van der Waals surface area contributed by atoms with Crippen molar-refractivity contribution >= 4 is 101 Å². The summed E-state index contributed by atoms with van der Waals surface area (Å²) in [6.45, 7) is 37.5. The number of anilines is 6. The molecule has 0 amide bonds. The molecular weight excluding hydrogens is 968 g/mol. The third-order valence-corrected chi connectivity index (χ3v) is 18.2. The number of nitrogens with zero attached hydrogens (tertiary/aromatic N) is 4. The van der Waals surface area contributed by atoms with Crippen molar-refractivity contribution in [3.05, 3.63) is 197 Å². The van der Waals surface area contributed by atoms with E-state index in [1.165, 1.54) is 139 Å². The third-order valence-electron chi connectivity index (χ3n) is 18.2. The Bertz CT molecular complexity index is 4360. The highest BCUT2D eigenvalue weighted by atomic mass is 15.2. The molecule has 9 aromatic carbocycles. The Balaban J connectivity index is 1.10. The van der Waals surface area contributed by atoms with Crippen LogP contribution in [-0.2, 0) is 27.1 Å². The molecule has 0 saturated heterocycles. The zero-order valence-electron chi connectivity index (χ0n) is 50.0. The van der Waals surface area contributed by atoms with Crippen LogP contribution in [0.4, 0.5) is 34.1 Å². The van der Waals surface area contributed by atoms with Crippen molar-refractivity contribution in [2.24, 2.45) is 0 Å². The Kier molecular flexibility index (Phi) is 10.5. The van der Waals surface area contributed by atoms with Crippen molar-refractivity contribution in [3.8, 4) is 22.5 Å². The van der Waals surface area contributed by atoms with Crippen molar-refractivity contribution in [2.45, 2.75) is 138 Å². The van der Waals surface area contributed by atoms with E-state index in [-0.39, 0.29) is 33.8 Å². The average Bonchev–Trinajstić information content (AvgIpc) is 3.97. The lowest BCUT2D eigenvalue weighted by atomic mass is 9.33. The molecular formula is C75H75BN4. The Morgan fingerprint density at radius 2 is 0.787 bits per heavy atom. The Labute approximate surface area is 474 Å². The van der Waals surface area contributed by atoms with E-state index in [0.717, 1.165) is 11.4 Å². The maximum atomic E-state index is 2.70. The van der Waals surface area contributed by atoms with Gasteiger partial charge in [0, 0.05) is 50.0 Å². The van der Waals surface area contributed by atoms with Crippen molar-refractivity contribution in [3.63, 3.8) is 0 Å². The highest BCUT2D eigenvalue weighted by Crippen LogP contribution is 2.55. The van der Waals surface area contributed by atoms with Gasteiger partial charge in [-0.05, 0) is 186 Å². The topological polar surface area (TPSA) is 16.3 Å². The molecule has 0 aliphatic carbocycles. The average molecular weight is 1040 g/mol. The van der Waals surface area contributed by atoms with Gasteiger partial charge in [0.15, 0.2) is 0 Å². The molecule has 398 valence electrons. The van der Waals surface area contributed by atoms with E-state index in [4.69, 9.17) is 0 Å². The third kappa shape index (κ3) is 7.48. The SMILES string of the molecule is Cc1cc2c3c(c1)N1c4c(cc(C(C)(C)C)cc4-n4c5ccc(C(C)(C)C)cc5c5cc(C(C)(C)C)cc1c54)B3c1ccc(-n3c4ccc(C(C)(C)C)cc4c4cc(C(C)(C)C)ccc43)cc1N2c1ccc(-c2ccccc2)cc1. The van der Waals surface area contributed by atoms with Gasteiger partial charge in [0.25, 0.3) is 6.71 Å². The van der Waals surface area contributed by atoms with Gasteiger partial charge in [0.2, 0.25) is 0 Å². The fraction of sp³-hybridized carbons (Fsp3) is 0.280. The van der Waals surface area contributed by atoms with E-state index in [1.807, 2.05) is 0 Å². The summed E-state index contributed by atoms with van der Waals surface area (Å²) in [4.78, 5) is 5.31. The number of hydrogen-bond donors (Lipinski definition) is 0. The lowest BCUT2D eigenvalue weighted by molar-refractivity contribution is 0.590. The highest BCUT2D eigenvalue weighted by Gasteiger charge is 2.47. The maximum absolute atomic E-state index is 2.70. The second-order valence-corrected chi connectivity index (χ2v) is 28.9. The summed E-state index contributed by atoms with van der Waals surface area (Å²) >= 11 is 0. The molecule has 11 aromatic rings. The smallest absolute Gasteiger partial charge is 0.252 e. The van der Waals surface area contributed by atoms with E-state index in [9.17, 15) is 0 Å². The number of hydrogen-bond acceptors (Lipinski definition) is 2. The minimum atomic E-state index is -0.130. The molecule has 0 atom stereocenters. The summed E-state index contributed by atoms with van der Waals surface area (Å²) in [6, 6.07) is 64.4. The predicted octanol–water partition coefficient (Wildman–Crippen LogP) is 18.7. The van der Waals surface area contributed by atoms with Gasteiger partial charge in [-0.1, -0.05) is 177 Å². The van der Waals surface area contributed by atoms with Gasteiger partial charge in [0.1, 0.15) is 0 Å². The fourth-order valence-electron chi connectivity index (χ4n) is 13.6. The molecule has 0 N–H and O–H groups in total. The molecule has 4 nitrogen and oxygen atoms in total. The van der Waals surface area contributed by atoms with Crippen LogP contribution in [0.15, 0.2) is 164 Å². The lowest BCUT2D eigenvalue weighted by Gasteiger charge is -2.47. The zero-order valence-corrected chi connectivity index (χ0v) is 50.0. The van der Waals surface area contributed by atoms with Crippen molar-refractivity contribution in [1.82, 2.24) is 9.13 Å². The molecule has 0 fully saturated rings. The monoisotopic (exact) mass is 1040 g/mol. The largest absolute Gasteiger partial charge is 0.311 e. The zero-order chi connectivity index (χ0) is 56.1. The molecule has 3 aliphatic heterocycles. The molecule has 0 radical (unpaired) electrons. The first-order valence-corrected chi connectivity index (χ1v) is 29.2. The lowest BCUT2D eigenvalue weighted by Crippen LogP contribution is -2.62. The van der Waals surface area contributed by atoms with Gasteiger partial charge in [-0.3, -0.25) is 0 Å². The standard InChI is InChI=1S/C75H75BN4/c1-44-34-64-68-65(35-44)80-66-41-50(74(11,12)13)39-57-56-38-49(73(8,9)10)26-33-62(56)79(69(57)66)67-42-51(75(14,15)16)40-59(70(67)80)76(68)58-30-29-53(43-63(58)77(64)52-27-22-46(23-28-52)45-20-18-17-19-21-45)78-60-31-24-47(71(2,3)4)36-54(60)55-37-48(72(5,6)7)25-32-61(55)78/h17-43H,1-16H3. The second kappa shape index (κ2) is 16.7. The summed E-state index contributed by atoms with van der Waals surface area (Å²) in [7, 11) is 0. The minimum Gasteiger partial charge on any atom is -0.311 e. The van der Waals surface area contributed by atoms with Crippen LogP contribution >= 0.6 is 0 Å². The number of benzene rings is 9. The van der Waals surface area contributed by atoms with Crippen molar-refractivity contribution in [2.75, 3.05) is 9.80 Å². The van der Waals surface area contributed by atoms with Gasteiger partial charge < -0.3 is 18.9 Å². The normalized spacial score (nSPS) is 14.2. The quantitative estimate of drug-likeness (QED) is 0.164. The number of aromatic nitrogens is 2. The second-order valence-electron chi connectivity index (χ2n) is 28.9. The molecule has 0 unspecified atom stereocenters. The first-order chi connectivity index (χ1) is 37.7. The van der Waals surface area contributed by atoms with E-state index < -0.39 is 0 Å². The van der Waals surface area contributed by atoms with Gasteiger partial charge >= 0.3 is 0 Å². The first kappa shape index (κ1) is 50.5. The Hall–Kier alpha value is -7.76.